The fourth-order valence-electron chi connectivity index (χ4n) is 1.51. The molecule has 0 aliphatic rings. The summed E-state index contributed by atoms with van der Waals surface area (Å²) in [4.78, 5) is 4.32. The summed E-state index contributed by atoms with van der Waals surface area (Å²) < 4.78 is 13.3. The van der Waals surface area contributed by atoms with E-state index in [9.17, 15) is 4.39 Å². The van der Waals surface area contributed by atoms with E-state index in [1.165, 1.54) is 6.07 Å². The molecule has 1 aromatic heterocycles. The molecule has 0 saturated heterocycles. The fourth-order valence-corrected chi connectivity index (χ4v) is 1.51. The standard InChI is InChI=1S/C12H19FN2/c1-9(2)8-10-5-6-11(13)12(15-10)4-3-7-14/h5-6,9H,3-4,7-8,14H2,1-2H3. The van der Waals surface area contributed by atoms with E-state index in [1.807, 2.05) is 0 Å². The quantitative estimate of drug-likeness (QED) is 0.810. The highest BCUT2D eigenvalue weighted by Crippen LogP contribution is 2.11. The molecular weight excluding hydrogens is 191 g/mol. The number of aryl methyl sites for hydroxylation is 1. The van der Waals surface area contributed by atoms with Gasteiger partial charge in [0.25, 0.3) is 0 Å². The normalized spacial score (nSPS) is 11.0. The maximum atomic E-state index is 13.3. The largest absolute Gasteiger partial charge is 0.330 e. The molecule has 0 bridgehead atoms. The van der Waals surface area contributed by atoms with Crippen molar-refractivity contribution in [1.29, 1.82) is 0 Å². The number of pyridine rings is 1. The molecule has 2 N–H and O–H groups in total. The number of nitrogens with zero attached hydrogens (tertiary/aromatic N) is 1. The predicted octanol–water partition coefficient (Wildman–Crippen LogP) is 2.31. The van der Waals surface area contributed by atoms with Crippen molar-refractivity contribution in [3.05, 3.63) is 29.3 Å². The third-order valence-electron chi connectivity index (χ3n) is 2.21. The van der Waals surface area contributed by atoms with Crippen LogP contribution in [-0.4, -0.2) is 11.5 Å². The molecule has 0 radical (unpaired) electrons. The summed E-state index contributed by atoms with van der Waals surface area (Å²) in [6.07, 6.45) is 2.32. The van der Waals surface area contributed by atoms with Gasteiger partial charge in [0, 0.05) is 5.69 Å². The SMILES string of the molecule is CC(C)Cc1ccc(F)c(CCCN)n1. The summed E-state index contributed by atoms with van der Waals surface area (Å²) in [7, 11) is 0. The van der Waals surface area contributed by atoms with Crippen LogP contribution in [0.3, 0.4) is 0 Å². The van der Waals surface area contributed by atoms with E-state index < -0.39 is 0 Å². The van der Waals surface area contributed by atoms with Crippen LogP contribution < -0.4 is 5.73 Å². The molecule has 3 heteroatoms. The van der Waals surface area contributed by atoms with Crippen molar-refractivity contribution >= 4 is 0 Å². The molecule has 0 amide bonds. The van der Waals surface area contributed by atoms with Gasteiger partial charge in [-0.15, -0.1) is 0 Å². The van der Waals surface area contributed by atoms with Gasteiger partial charge in [0.05, 0.1) is 5.69 Å². The average Bonchev–Trinajstić information content (AvgIpc) is 2.18. The first kappa shape index (κ1) is 12.1. The molecule has 0 atom stereocenters. The van der Waals surface area contributed by atoms with Crippen molar-refractivity contribution in [3.8, 4) is 0 Å². The van der Waals surface area contributed by atoms with Crippen LogP contribution in [0.15, 0.2) is 12.1 Å². The summed E-state index contributed by atoms with van der Waals surface area (Å²) in [6, 6.07) is 3.28. The van der Waals surface area contributed by atoms with Gasteiger partial charge in [0.1, 0.15) is 5.82 Å². The molecular formula is C12H19FN2. The summed E-state index contributed by atoms with van der Waals surface area (Å²) in [5, 5.41) is 0. The second-order valence-corrected chi connectivity index (χ2v) is 4.22. The van der Waals surface area contributed by atoms with Gasteiger partial charge in [-0.05, 0) is 43.9 Å². The molecule has 84 valence electrons. The molecule has 1 rings (SSSR count). The lowest BCUT2D eigenvalue weighted by Crippen LogP contribution is -2.06. The van der Waals surface area contributed by atoms with Gasteiger partial charge in [-0.3, -0.25) is 4.98 Å². The van der Waals surface area contributed by atoms with Gasteiger partial charge in [0.2, 0.25) is 0 Å². The van der Waals surface area contributed by atoms with Gasteiger partial charge in [0.15, 0.2) is 0 Å². The number of rotatable bonds is 5. The van der Waals surface area contributed by atoms with Gasteiger partial charge in [-0.1, -0.05) is 13.8 Å². The Morgan fingerprint density at radius 2 is 2.13 bits per heavy atom. The third-order valence-corrected chi connectivity index (χ3v) is 2.21. The molecule has 0 aliphatic carbocycles. The van der Waals surface area contributed by atoms with E-state index in [0.717, 1.165) is 18.5 Å². The molecule has 0 aromatic carbocycles. The van der Waals surface area contributed by atoms with Crippen LogP contribution in [0.4, 0.5) is 4.39 Å². The molecule has 1 heterocycles. The number of hydrogen-bond acceptors (Lipinski definition) is 2. The van der Waals surface area contributed by atoms with Gasteiger partial charge in [-0.25, -0.2) is 4.39 Å². The van der Waals surface area contributed by atoms with Crippen molar-refractivity contribution in [2.45, 2.75) is 33.1 Å². The first-order valence-corrected chi connectivity index (χ1v) is 5.48. The van der Waals surface area contributed by atoms with Gasteiger partial charge < -0.3 is 5.73 Å². The van der Waals surface area contributed by atoms with Crippen LogP contribution in [0, 0.1) is 11.7 Å². The second kappa shape index (κ2) is 5.81. The van der Waals surface area contributed by atoms with Crippen molar-refractivity contribution in [1.82, 2.24) is 4.98 Å². The van der Waals surface area contributed by atoms with Crippen molar-refractivity contribution in [2.75, 3.05) is 6.54 Å². The Labute approximate surface area is 90.7 Å². The Bertz CT molecular complexity index is 310. The Kier molecular flexibility index (Phi) is 4.69. The minimum Gasteiger partial charge on any atom is -0.330 e. The van der Waals surface area contributed by atoms with Crippen molar-refractivity contribution in [3.63, 3.8) is 0 Å². The first-order valence-electron chi connectivity index (χ1n) is 5.48. The Morgan fingerprint density at radius 3 is 2.73 bits per heavy atom. The molecule has 2 nitrogen and oxygen atoms in total. The zero-order valence-corrected chi connectivity index (χ0v) is 9.46. The van der Waals surface area contributed by atoms with E-state index in [1.54, 1.807) is 6.07 Å². The smallest absolute Gasteiger partial charge is 0.144 e. The molecule has 15 heavy (non-hydrogen) atoms. The van der Waals surface area contributed by atoms with Crippen LogP contribution >= 0.6 is 0 Å². The molecule has 1 aromatic rings. The summed E-state index contributed by atoms with van der Waals surface area (Å²) in [6.45, 7) is 4.84. The maximum absolute atomic E-state index is 13.3. The Hall–Kier alpha value is -0.960. The fraction of sp³-hybridized carbons (Fsp3) is 0.583. The molecule has 0 spiro atoms. The van der Waals surface area contributed by atoms with E-state index in [2.05, 4.69) is 18.8 Å². The minimum atomic E-state index is -0.212. The van der Waals surface area contributed by atoms with E-state index in [4.69, 9.17) is 5.73 Å². The minimum absolute atomic E-state index is 0.212. The average molecular weight is 210 g/mol. The third kappa shape index (κ3) is 3.96. The first-order chi connectivity index (χ1) is 7.13. The van der Waals surface area contributed by atoms with Crippen LogP contribution in [0.5, 0.6) is 0 Å². The highest BCUT2D eigenvalue weighted by molar-refractivity contribution is 5.14. The summed E-state index contributed by atoms with van der Waals surface area (Å²) in [5.41, 5.74) is 6.92. The highest BCUT2D eigenvalue weighted by atomic mass is 19.1. The number of nitrogens with two attached hydrogens (primary N) is 1. The summed E-state index contributed by atoms with van der Waals surface area (Å²) in [5.74, 6) is 0.335. The van der Waals surface area contributed by atoms with Gasteiger partial charge >= 0.3 is 0 Å². The molecule has 0 unspecified atom stereocenters. The zero-order valence-electron chi connectivity index (χ0n) is 9.46. The summed E-state index contributed by atoms with van der Waals surface area (Å²) >= 11 is 0. The number of halogens is 1. The van der Waals surface area contributed by atoms with Crippen molar-refractivity contribution < 1.29 is 4.39 Å². The molecule has 0 aliphatic heterocycles. The van der Waals surface area contributed by atoms with Crippen LogP contribution in [0.1, 0.15) is 31.7 Å². The molecule has 0 saturated carbocycles. The second-order valence-electron chi connectivity index (χ2n) is 4.22. The lowest BCUT2D eigenvalue weighted by atomic mass is 10.1. The van der Waals surface area contributed by atoms with Crippen LogP contribution in [-0.2, 0) is 12.8 Å². The lowest BCUT2D eigenvalue weighted by molar-refractivity contribution is 0.580. The zero-order chi connectivity index (χ0) is 11.3. The molecule has 0 fully saturated rings. The number of hydrogen-bond donors (Lipinski definition) is 1. The van der Waals surface area contributed by atoms with Crippen LogP contribution in [0.2, 0.25) is 0 Å². The van der Waals surface area contributed by atoms with E-state index in [-0.39, 0.29) is 5.82 Å². The van der Waals surface area contributed by atoms with E-state index in [0.29, 0.717) is 24.6 Å². The monoisotopic (exact) mass is 210 g/mol. The van der Waals surface area contributed by atoms with Crippen LogP contribution in [0.25, 0.3) is 0 Å². The van der Waals surface area contributed by atoms with Crippen molar-refractivity contribution in [2.24, 2.45) is 11.7 Å². The number of aromatic nitrogens is 1. The Morgan fingerprint density at radius 1 is 1.40 bits per heavy atom. The lowest BCUT2D eigenvalue weighted by Gasteiger charge is -2.07. The topological polar surface area (TPSA) is 38.9 Å². The maximum Gasteiger partial charge on any atom is 0.144 e. The highest BCUT2D eigenvalue weighted by Gasteiger charge is 2.06. The Balaban J connectivity index is 2.75. The van der Waals surface area contributed by atoms with E-state index >= 15 is 0 Å². The van der Waals surface area contributed by atoms with Gasteiger partial charge in [-0.2, -0.15) is 0 Å². The predicted molar refractivity (Wildman–Crippen MR) is 60.1 cm³/mol.